The molecule has 0 radical (unpaired) electrons. The molecule has 0 spiro atoms. The molecular weight excluding hydrogens is 252 g/mol. The van der Waals surface area contributed by atoms with E-state index in [9.17, 15) is 8.42 Å². The zero-order chi connectivity index (χ0) is 10.3. The fourth-order valence-corrected chi connectivity index (χ4v) is 4.25. The van der Waals surface area contributed by atoms with Crippen molar-refractivity contribution in [3.63, 3.8) is 0 Å². The van der Waals surface area contributed by atoms with Gasteiger partial charge in [0.25, 0.3) is 0 Å². The third kappa shape index (κ3) is 2.09. The van der Waals surface area contributed by atoms with Gasteiger partial charge < -0.3 is 0 Å². The summed E-state index contributed by atoms with van der Waals surface area (Å²) in [6.07, 6.45) is 1.78. The molecule has 0 aliphatic carbocycles. The Morgan fingerprint density at radius 3 is 2.38 bits per heavy atom. The topological polar surface area (TPSA) is 34.1 Å². The van der Waals surface area contributed by atoms with Crippen LogP contribution in [0.1, 0.15) is 33.6 Å². The van der Waals surface area contributed by atoms with Gasteiger partial charge in [0.15, 0.2) is 9.84 Å². The predicted molar refractivity (Wildman–Crippen MR) is 59.0 cm³/mol. The van der Waals surface area contributed by atoms with Crippen LogP contribution in [-0.2, 0) is 9.84 Å². The Bertz CT molecular complexity index is 280. The molecule has 78 valence electrons. The summed E-state index contributed by atoms with van der Waals surface area (Å²) < 4.78 is 22.8. The summed E-state index contributed by atoms with van der Waals surface area (Å²) >= 11 is 3.48. The van der Waals surface area contributed by atoms with Crippen molar-refractivity contribution in [2.45, 2.75) is 43.2 Å². The van der Waals surface area contributed by atoms with Crippen LogP contribution in [0.4, 0.5) is 0 Å². The first kappa shape index (κ1) is 11.5. The zero-order valence-corrected chi connectivity index (χ0v) is 10.8. The molecule has 2 atom stereocenters. The molecule has 1 aliphatic heterocycles. The van der Waals surface area contributed by atoms with Crippen LogP contribution in [0.15, 0.2) is 0 Å². The largest absolute Gasteiger partial charge is 0.228 e. The van der Waals surface area contributed by atoms with Crippen LogP contribution in [0.25, 0.3) is 0 Å². The lowest BCUT2D eigenvalue weighted by atomic mass is 9.89. The van der Waals surface area contributed by atoms with Crippen LogP contribution in [-0.4, -0.2) is 23.7 Å². The number of hydrogen-bond donors (Lipinski definition) is 0. The molecule has 0 aromatic carbocycles. The second kappa shape index (κ2) is 3.54. The van der Waals surface area contributed by atoms with E-state index in [1.165, 1.54) is 0 Å². The van der Waals surface area contributed by atoms with Crippen molar-refractivity contribution in [2.75, 3.05) is 5.75 Å². The summed E-state index contributed by atoms with van der Waals surface area (Å²) in [5.74, 6) is 0.677. The molecule has 0 saturated carbocycles. The van der Waals surface area contributed by atoms with Gasteiger partial charge in [-0.2, -0.15) is 0 Å². The van der Waals surface area contributed by atoms with Crippen LogP contribution in [0.3, 0.4) is 0 Å². The molecule has 0 bridgehead atoms. The standard InChI is InChI=1S/C9H17BrO2S/c1-7(10)6-8-4-5-13(11,12)9(8,2)3/h7-8H,4-6H2,1-3H3. The van der Waals surface area contributed by atoms with E-state index < -0.39 is 14.6 Å². The summed E-state index contributed by atoms with van der Waals surface area (Å²) in [5, 5.41) is 0. The molecule has 0 N–H and O–H groups in total. The Morgan fingerprint density at radius 2 is 2.08 bits per heavy atom. The highest BCUT2D eigenvalue weighted by molar-refractivity contribution is 9.09. The van der Waals surface area contributed by atoms with Crippen molar-refractivity contribution < 1.29 is 8.42 Å². The minimum absolute atomic E-state index is 0.312. The molecule has 0 amide bonds. The highest BCUT2D eigenvalue weighted by Gasteiger charge is 2.47. The molecule has 13 heavy (non-hydrogen) atoms. The molecule has 0 aromatic rings. The minimum atomic E-state index is -2.84. The molecule has 4 heteroatoms. The fraction of sp³-hybridized carbons (Fsp3) is 1.00. The van der Waals surface area contributed by atoms with Crippen molar-refractivity contribution in [3.05, 3.63) is 0 Å². The summed E-state index contributed by atoms with van der Waals surface area (Å²) in [4.78, 5) is 0.407. The van der Waals surface area contributed by atoms with Crippen molar-refractivity contribution >= 4 is 25.8 Å². The van der Waals surface area contributed by atoms with Crippen LogP contribution in [0.5, 0.6) is 0 Å². The lowest BCUT2D eigenvalue weighted by Crippen LogP contribution is -2.34. The van der Waals surface area contributed by atoms with E-state index >= 15 is 0 Å². The third-order valence-electron chi connectivity index (χ3n) is 3.13. The van der Waals surface area contributed by atoms with E-state index in [1.807, 2.05) is 13.8 Å². The lowest BCUT2D eigenvalue weighted by molar-refractivity contribution is 0.396. The van der Waals surface area contributed by atoms with E-state index in [2.05, 4.69) is 22.9 Å². The summed E-state index contributed by atoms with van der Waals surface area (Å²) in [5.41, 5.74) is 0. The van der Waals surface area contributed by atoms with Crippen molar-refractivity contribution in [1.82, 2.24) is 0 Å². The van der Waals surface area contributed by atoms with Crippen molar-refractivity contribution in [1.29, 1.82) is 0 Å². The molecule has 1 aliphatic rings. The monoisotopic (exact) mass is 268 g/mol. The van der Waals surface area contributed by atoms with Gasteiger partial charge in [-0.1, -0.05) is 22.9 Å². The molecule has 1 heterocycles. The molecule has 1 fully saturated rings. The maximum absolute atomic E-state index is 11.7. The van der Waals surface area contributed by atoms with Gasteiger partial charge in [-0.3, -0.25) is 0 Å². The van der Waals surface area contributed by atoms with Gasteiger partial charge in [0.2, 0.25) is 0 Å². The van der Waals surface area contributed by atoms with Crippen molar-refractivity contribution in [3.8, 4) is 0 Å². The Hall–Kier alpha value is 0.430. The summed E-state index contributed by atoms with van der Waals surface area (Å²) in [6, 6.07) is 0. The molecule has 2 nitrogen and oxygen atoms in total. The SMILES string of the molecule is CC(Br)CC1CCS(=O)(=O)C1(C)C. The summed E-state index contributed by atoms with van der Waals surface area (Å²) in [7, 11) is -2.84. The third-order valence-corrected chi connectivity index (χ3v) is 6.21. The van der Waals surface area contributed by atoms with Crippen LogP contribution in [0, 0.1) is 5.92 Å². The number of hydrogen-bond acceptors (Lipinski definition) is 2. The summed E-state index contributed by atoms with van der Waals surface area (Å²) in [6.45, 7) is 5.78. The van der Waals surface area contributed by atoms with Gasteiger partial charge in [-0.25, -0.2) is 8.42 Å². The second-order valence-corrected chi connectivity index (χ2v) is 8.68. The van der Waals surface area contributed by atoms with Crippen LogP contribution in [0.2, 0.25) is 0 Å². The van der Waals surface area contributed by atoms with E-state index in [0.29, 0.717) is 16.5 Å². The van der Waals surface area contributed by atoms with Gasteiger partial charge in [-0.05, 0) is 32.6 Å². The average molecular weight is 269 g/mol. The minimum Gasteiger partial charge on any atom is -0.228 e. The Kier molecular flexibility index (Phi) is 3.13. The first-order valence-corrected chi connectivity index (χ1v) is 7.20. The van der Waals surface area contributed by atoms with Gasteiger partial charge in [0.05, 0.1) is 10.5 Å². The van der Waals surface area contributed by atoms with Gasteiger partial charge in [0, 0.05) is 4.83 Å². The van der Waals surface area contributed by atoms with E-state index in [0.717, 1.165) is 12.8 Å². The van der Waals surface area contributed by atoms with E-state index in [1.54, 1.807) is 0 Å². The van der Waals surface area contributed by atoms with Crippen molar-refractivity contribution in [2.24, 2.45) is 5.92 Å². The quantitative estimate of drug-likeness (QED) is 0.721. The second-order valence-electron chi connectivity index (χ2n) is 4.42. The lowest BCUT2D eigenvalue weighted by Gasteiger charge is -2.26. The predicted octanol–water partition coefficient (Wildman–Crippen LogP) is 2.37. The molecular formula is C9H17BrO2S. The molecule has 0 aromatic heterocycles. The normalized spacial score (nSPS) is 33.1. The molecule has 2 unspecified atom stereocenters. The number of alkyl halides is 1. The maximum atomic E-state index is 11.7. The molecule has 1 saturated heterocycles. The Labute approximate surface area is 89.1 Å². The van der Waals surface area contributed by atoms with E-state index in [-0.39, 0.29) is 0 Å². The first-order chi connectivity index (χ1) is 5.77. The fourth-order valence-electron chi connectivity index (χ4n) is 1.96. The average Bonchev–Trinajstić information content (AvgIpc) is 2.11. The van der Waals surface area contributed by atoms with Gasteiger partial charge >= 0.3 is 0 Å². The van der Waals surface area contributed by atoms with Gasteiger partial charge in [0.1, 0.15) is 0 Å². The smallest absolute Gasteiger partial charge is 0.155 e. The number of halogens is 1. The zero-order valence-electron chi connectivity index (χ0n) is 8.38. The highest BCUT2D eigenvalue weighted by atomic mass is 79.9. The highest BCUT2D eigenvalue weighted by Crippen LogP contribution is 2.40. The first-order valence-electron chi connectivity index (χ1n) is 4.64. The van der Waals surface area contributed by atoms with Gasteiger partial charge in [-0.15, -0.1) is 0 Å². The van der Waals surface area contributed by atoms with Crippen LogP contribution < -0.4 is 0 Å². The molecule has 1 rings (SSSR count). The number of sulfone groups is 1. The van der Waals surface area contributed by atoms with Crippen LogP contribution >= 0.6 is 15.9 Å². The number of rotatable bonds is 2. The maximum Gasteiger partial charge on any atom is 0.155 e. The Morgan fingerprint density at radius 1 is 1.54 bits per heavy atom. The Balaban J connectivity index is 2.83. The van der Waals surface area contributed by atoms with E-state index in [4.69, 9.17) is 0 Å².